The van der Waals surface area contributed by atoms with Crippen LogP contribution in [0.25, 0.3) is 33.5 Å². The van der Waals surface area contributed by atoms with Gasteiger partial charge < -0.3 is 30.4 Å². The highest BCUT2D eigenvalue weighted by Gasteiger charge is 2.24. The lowest BCUT2D eigenvalue weighted by molar-refractivity contribution is -0.135. The maximum absolute atomic E-state index is 12.6. The maximum atomic E-state index is 12.6. The lowest BCUT2D eigenvalue weighted by Gasteiger charge is -2.32. The van der Waals surface area contributed by atoms with Crippen LogP contribution in [0.4, 0.5) is 0 Å². The van der Waals surface area contributed by atoms with E-state index in [9.17, 15) is 9.59 Å². The van der Waals surface area contributed by atoms with Gasteiger partial charge in [-0.3, -0.25) is 14.6 Å². The molecule has 0 aliphatic carbocycles. The lowest BCUT2D eigenvalue weighted by Crippen LogP contribution is -2.43. The molecule has 0 unspecified atom stereocenters. The number of hydrogen-bond donors (Lipinski definition) is 4. The smallest absolute Gasteiger partial charge is 0.251 e. The van der Waals surface area contributed by atoms with Crippen molar-refractivity contribution in [3.8, 4) is 28.3 Å². The zero-order valence-corrected chi connectivity index (χ0v) is 23.6. The van der Waals surface area contributed by atoms with Gasteiger partial charge in [0.15, 0.2) is 0 Å². The molecule has 2 amide bonds. The molecule has 0 radical (unpaired) electrons. The number of nitrogens with zero attached hydrogens (tertiary/aromatic N) is 4. The van der Waals surface area contributed by atoms with Crippen LogP contribution in [0.3, 0.4) is 0 Å². The van der Waals surface area contributed by atoms with Crippen molar-refractivity contribution in [1.82, 2.24) is 30.5 Å². The van der Waals surface area contributed by atoms with Gasteiger partial charge >= 0.3 is 0 Å². The third kappa shape index (κ3) is 6.48. The fourth-order valence-electron chi connectivity index (χ4n) is 5.14. The summed E-state index contributed by atoms with van der Waals surface area (Å²) in [5.74, 6) is 0.346. The first-order valence-electron chi connectivity index (χ1n) is 14.0. The van der Waals surface area contributed by atoms with Gasteiger partial charge in [-0.1, -0.05) is 12.1 Å². The highest BCUT2D eigenvalue weighted by Crippen LogP contribution is 2.33. The average molecular weight is 570 g/mol. The summed E-state index contributed by atoms with van der Waals surface area (Å²) < 4.78 is 6.34. The van der Waals surface area contributed by atoms with Crippen molar-refractivity contribution in [3.05, 3.63) is 66.0 Å². The van der Waals surface area contributed by atoms with E-state index in [1.165, 1.54) is 6.33 Å². The molecule has 1 fully saturated rings. The summed E-state index contributed by atoms with van der Waals surface area (Å²) >= 11 is 0. The highest BCUT2D eigenvalue weighted by atomic mass is 16.5. The van der Waals surface area contributed by atoms with Crippen molar-refractivity contribution >= 4 is 29.6 Å². The molecule has 4 N–H and O–H groups in total. The molecule has 2 aromatic carbocycles. The number of likely N-dealkylation sites (tertiary alicyclic amines) is 1. The van der Waals surface area contributed by atoms with Crippen LogP contribution >= 0.6 is 0 Å². The largest absolute Gasteiger partial charge is 0.490 e. The molecule has 11 heteroatoms. The van der Waals surface area contributed by atoms with Gasteiger partial charge in [-0.2, -0.15) is 0 Å². The van der Waals surface area contributed by atoms with E-state index < -0.39 is 6.61 Å². The number of H-pyrrole nitrogens is 1. The van der Waals surface area contributed by atoms with Gasteiger partial charge in [-0.05, 0) is 55.7 Å². The summed E-state index contributed by atoms with van der Waals surface area (Å²) in [6.45, 7) is 5.92. The van der Waals surface area contributed by atoms with Gasteiger partial charge in [0.05, 0.1) is 12.2 Å². The summed E-state index contributed by atoms with van der Waals surface area (Å²) in [6, 6.07) is 15.4. The number of hydrogen-bond acceptors (Lipinski definition) is 8. The summed E-state index contributed by atoms with van der Waals surface area (Å²) in [7, 11) is 1.84. The van der Waals surface area contributed by atoms with E-state index in [-0.39, 0.29) is 17.9 Å². The minimum atomic E-state index is -0.470. The summed E-state index contributed by atoms with van der Waals surface area (Å²) in [6.07, 6.45) is 2.86. The predicted octanol–water partition coefficient (Wildman–Crippen LogP) is 2.80. The Morgan fingerprint density at radius 2 is 1.95 bits per heavy atom. The van der Waals surface area contributed by atoms with Crippen molar-refractivity contribution < 1.29 is 19.4 Å². The average Bonchev–Trinajstić information content (AvgIpc) is 3.47. The van der Waals surface area contributed by atoms with Gasteiger partial charge in [0.2, 0.25) is 5.91 Å². The Balaban J connectivity index is 1.39. The van der Waals surface area contributed by atoms with Crippen LogP contribution in [-0.2, 0) is 11.3 Å². The number of aliphatic imine (C=N–C) groups is 1. The van der Waals surface area contributed by atoms with Crippen LogP contribution < -0.4 is 15.4 Å². The maximum Gasteiger partial charge on any atom is 0.251 e. The number of amides is 2. The molecule has 1 aliphatic rings. The third-order valence-corrected chi connectivity index (χ3v) is 7.36. The predicted molar refractivity (Wildman–Crippen MR) is 162 cm³/mol. The molecule has 1 aliphatic heterocycles. The van der Waals surface area contributed by atoms with E-state index in [2.05, 4.69) is 37.3 Å². The SMILES string of the molecule is C=NCc1cc(-c2ncnc3[nH]c(-c4cccc(C(=O)NCCNC)c4)cc23)ccc1OC1CCN(C(=O)CO)CC1. The number of benzene rings is 2. The second-order valence-electron chi connectivity index (χ2n) is 10.2. The molecule has 3 heterocycles. The minimum absolute atomic E-state index is 0.0405. The van der Waals surface area contributed by atoms with E-state index in [4.69, 9.17) is 9.84 Å². The molecule has 0 spiro atoms. The zero-order valence-electron chi connectivity index (χ0n) is 23.6. The van der Waals surface area contributed by atoms with E-state index in [1.54, 1.807) is 11.0 Å². The Morgan fingerprint density at radius 1 is 1.12 bits per heavy atom. The second-order valence-corrected chi connectivity index (χ2v) is 10.2. The van der Waals surface area contributed by atoms with E-state index in [0.29, 0.717) is 56.8 Å². The van der Waals surface area contributed by atoms with Crippen molar-refractivity contribution in [2.75, 3.05) is 39.8 Å². The van der Waals surface area contributed by atoms with E-state index in [0.717, 1.165) is 39.2 Å². The number of nitrogens with one attached hydrogen (secondary N) is 3. The molecule has 0 atom stereocenters. The number of carbonyl (C=O) groups is 2. The lowest BCUT2D eigenvalue weighted by atomic mass is 10.0. The molecule has 4 aromatic rings. The van der Waals surface area contributed by atoms with Gasteiger partial charge in [0.25, 0.3) is 5.91 Å². The number of aliphatic hydroxyl groups is 1. The Bertz CT molecular complexity index is 1580. The number of aromatic amines is 1. The number of likely N-dealkylation sites (N-methyl/N-ethyl adjacent to an activating group) is 1. The fraction of sp³-hybridized carbons (Fsp3) is 0.323. The summed E-state index contributed by atoms with van der Waals surface area (Å²) in [5.41, 5.74) is 5.50. The molecular formula is C31H35N7O4. The fourth-order valence-corrected chi connectivity index (χ4v) is 5.14. The number of piperidine rings is 1. The van der Waals surface area contributed by atoms with Gasteiger partial charge in [0, 0.05) is 66.8 Å². The van der Waals surface area contributed by atoms with Crippen molar-refractivity contribution in [1.29, 1.82) is 0 Å². The molecule has 5 rings (SSSR count). The van der Waals surface area contributed by atoms with Gasteiger partial charge in [-0.25, -0.2) is 9.97 Å². The molecule has 2 aromatic heterocycles. The van der Waals surface area contributed by atoms with Crippen molar-refractivity contribution in [2.24, 2.45) is 4.99 Å². The van der Waals surface area contributed by atoms with Crippen LogP contribution in [0.2, 0.25) is 0 Å². The summed E-state index contributed by atoms with van der Waals surface area (Å²) in [5, 5.41) is 15.9. The van der Waals surface area contributed by atoms with E-state index >= 15 is 0 Å². The Labute approximate surface area is 244 Å². The monoisotopic (exact) mass is 569 g/mol. The highest BCUT2D eigenvalue weighted by molar-refractivity contribution is 5.97. The number of rotatable bonds is 11. The summed E-state index contributed by atoms with van der Waals surface area (Å²) in [4.78, 5) is 42.6. The molecule has 0 saturated carbocycles. The molecule has 218 valence electrons. The van der Waals surface area contributed by atoms with Crippen molar-refractivity contribution in [2.45, 2.75) is 25.5 Å². The second kappa shape index (κ2) is 13.4. The molecule has 42 heavy (non-hydrogen) atoms. The number of aromatic nitrogens is 3. The number of carbonyl (C=O) groups excluding carboxylic acids is 2. The first kappa shape index (κ1) is 28.9. The van der Waals surface area contributed by atoms with E-state index in [1.807, 2.05) is 49.5 Å². The molecule has 11 nitrogen and oxygen atoms in total. The number of fused-ring (bicyclic) bond motifs is 1. The Morgan fingerprint density at radius 3 is 2.71 bits per heavy atom. The van der Waals surface area contributed by atoms with Crippen molar-refractivity contribution in [3.63, 3.8) is 0 Å². The first-order chi connectivity index (χ1) is 20.5. The van der Waals surface area contributed by atoms with Gasteiger partial charge in [-0.15, -0.1) is 0 Å². The van der Waals surface area contributed by atoms with Crippen LogP contribution in [0.1, 0.15) is 28.8 Å². The number of ether oxygens (including phenoxy) is 1. The molecular weight excluding hydrogens is 534 g/mol. The van der Waals surface area contributed by atoms with Crippen LogP contribution in [0.5, 0.6) is 5.75 Å². The third-order valence-electron chi connectivity index (χ3n) is 7.36. The number of aliphatic hydroxyl groups excluding tert-OH is 1. The van der Waals surface area contributed by atoms with Crippen LogP contribution in [0, 0.1) is 0 Å². The first-order valence-corrected chi connectivity index (χ1v) is 14.0. The molecule has 0 bridgehead atoms. The minimum Gasteiger partial charge on any atom is -0.490 e. The molecule has 1 saturated heterocycles. The quantitative estimate of drug-likeness (QED) is 0.161. The van der Waals surface area contributed by atoms with Crippen LogP contribution in [-0.4, -0.2) is 89.4 Å². The zero-order chi connectivity index (χ0) is 29.5. The normalized spacial score (nSPS) is 13.7. The topological polar surface area (TPSA) is 145 Å². The Hall–Kier alpha value is -4.61. The Kier molecular flexibility index (Phi) is 9.20. The van der Waals surface area contributed by atoms with Crippen LogP contribution in [0.15, 0.2) is 59.9 Å². The van der Waals surface area contributed by atoms with Gasteiger partial charge in [0.1, 0.15) is 30.4 Å². The standard InChI is InChI=1S/C31H35N7O4/c1-32-10-11-34-31(41)22-5-3-4-20(14-22)26-16-25-29(35-19-36-30(25)37-26)21-6-7-27(23(15-21)17-33-2)42-24-8-12-38(13-9-24)28(40)18-39/h3-7,14-16,19,24,32,39H,2,8-13,17-18H2,1H3,(H,34,41)(H,35,36,37).